The number of ether oxygens (including phenoxy) is 2. The SMILES string of the molecule is CCNC(=NCC(C)N1CCOCC1)NCCOc1ccc(F)c(F)c1. The lowest BCUT2D eigenvalue weighted by atomic mass is 10.2. The molecule has 1 atom stereocenters. The molecule has 1 saturated heterocycles. The lowest BCUT2D eigenvalue weighted by molar-refractivity contribution is 0.0220. The lowest BCUT2D eigenvalue weighted by Crippen LogP contribution is -2.44. The maximum absolute atomic E-state index is 13.1. The molecule has 1 fully saturated rings. The first-order chi connectivity index (χ1) is 12.6. The number of morpholine rings is 1. The summed E-state index contributed by atoms with van der Waals surface area (Å²) in [6, 6.07) is 3.84. The summed E-state index contributed by atoms with van der Waals surface area (Å²) in [6.07, 6.45) is 0. The zero-order valence-electron chi connectivity index (χ0n) is 15.4. The molecule has 26 heavy (non-hydrogen) atoms. The summed E-state index contributed by atoms with van der Waals surface area (Å²) in [5, 5.41) is 6.36. The molecule has 2 N–H and O–H groups in total. The predicted molar refractivity (Wildman–Crippen MR) is 97.7 cm³/mol. The van der Waals surface area contributed by atoms with Crippen molar-refractivity contribution in [2.75, 3.05) is 52.5 Å². The molecule has 1 aliphatic rings. The molecule has 146 valence electrons. The van der Waals surface area contributed by atoms with Crippen molar-refractivity contribution in [2.24, 2.45) is 4.99 Å². The van der Waals surface area contributed by atoms with Crippen molar-refractivity contribution in [3.8, 4) is 5.75 Å². The van der Waals surface area contributed by atoms with E-state index in [1.54, 1.807) is 0 Å². The zero-order valence-corrected chi connectivity index (χ0v) is 15.4. The molecular weight excluding hydrogens is 342 g/mol. The number of aliphatic imine (C=N–C) groups is 1. The predicted octanol–water partition coefficient (Wildman–Crippen LogP) is 1.62. The van der Waals surface area contributed by atoms with E-state index in [-0.39, 0.29) is 0 Å². The van der Waals surface area contributed by atoms with Crippen LogP contribution in [0.1, 0.15) is 13.8 Å². The number of halogens is 2. The number of nitrogens with zero attached hydrogens (tertiary/aromatic N) is 2. The van der Waals surface area contributed by atoms with E-state index in [1.165, 1.54) is 6.07 Å². The molecule has 2 rings (SSSR count). The number of benzene rings is 1. The van der Waals surface area contributed by atoms with Gasteiger partial charge in [-0.1, -0.05) is 0 Å². The molecule has 0 aliphatic carbocycles. The first kappa shape index (κ1) is 20.4. The largest absolute Gasteiger partial charge is 0.492 e. The molecule has 1 aliphatic heterocycles. The van der Waals surface area contributed by atoms with Gasteiger partial charge in [0.15, 0.2) is 17.6 Å². The van der Waals surface area contributed by atoms with Gasteiger partial charge in [0.05, 0.1) is 26.3 Å². The first-order valence-corrected chi connectivity index (χ1v) is 9.02. The quantitative estimate of drug-likeness (QED) is 0.414. The minimum atomic E-state index is -0.914. The van der Waals surface area contributed by atoms with E-state index in [0.717, 1.165) is 45.0 Å². The van der Waals surface area contributed by atoms with Crippen LogP contribution in [0.2, 0.25) is 0 Å². The summed E-state index contributed by atoms with van der Waals surface area (Å²) in [6.45, 7) is 9.81. The van der Waals surface area contributed by atoms with Crippen molar-refractivity contribution < 1.29 is 18.3 Å². The second-order valence-electron chi connectivity index (χ2n) is 6.07. The number of rotatable bonds is 8. The second-order valence-corrected chi connectivity index (χ2v) is 6.07. The molecule has 1 heterocycles. The number of hydrogen-bond acceptors (Lipinski definition) is 4. The van der Waals surface area contributed by atoms with Crippen LogP contribution in [0.5, 0.6) is 5.75 Å². The van der Waals surface area contributed by atoms with Gasteiger partial charge in [-0.25, -0.2) is 8.78 Å². The standard InChI is InChI=1S/C18H28F2N4O2/c1-3-21-18(23-13-14(2)24-7-10-25-11-8-24)22-6-9-26-15-4-5-16(19)17(20)12-15/h4-5,12,14H,3,6-11,13H2,1-2H3,(H2,21,22,23). The smallest absolute Gasteiger partial charge is 0.191 e. The monoisotopic (exact) mass is 370 g/mol. The third-order valence-corrected chi connectivity index (χ3v) is 4.08. The fourth-order valence-corrected chi connectivity index (χ4v) is 2.60. The number of hydrogen-bond donors (Lipinski definition) is 2. The van der Waals surface area contributed by atoms with Gasteiger partial charge in [-0.15, -0.1) is 0 Å². The molecule has 1 unspecified atom stereocenters. The summed E-state index contributed by atoms with van der Waals surface area (Å²) in [5.74, 6) is -0.788. The highest BCUT2D eigenvalue weighted by Gasteiger charge is 2.16. The molecule has 6 nitrogen and oxygen atoms in total. The lowest BCUT2D eigenvalue weighted by Gasteiger charge is -2.31. The van der Waals surface area contributed by atoms with E-state index < -0.39 is 11.6 Å². The van der Waals surface area contributed by atoms with E-state index in [2.05, 4.69) is 27.4 Å². The third kappa shape index (κ3) is 6.76. The topological polar surface area (TPSA) is 58.1 Å². The maximum Gasteiger partial charge on any atom is 0.191 e. The number of guanidine groups is 1. The van der Waals surface area contributed by atoms with Gasteiger partial charge in [-0.3, -0.25) is 9.89 Å². The van der Waals surface area contributed by atoms with E-state index >= 15 is 0 Å². The Morgan fingerprint density at radius 3 is 2.73 bits per heavy atom. The van der Waals surface area contributed by atoms with Crippen molar-refractivity contribution in [1.29, 1.82) is 0 Å². The van der Waals surface area contributed by atoms with E-state index in [9.17, 15) is 8.78 Å². The van der Waals surface area contributed by atoms with Crippen LogP contribution in [0.3, 0.4) is 0 Å². The van der Waals surface area contributed by atoms with Gasteiger partial charge < -0.3 is 20.1 Å². The number of nitrogens with one attached hydrogen (secondary N) is 2. The highest BCUT2D eigenvalue weighted by atomic mass is 19.2. The Bertz CT molecular complexity index is 580. The summed E-state index contributed by atoms with van der Waals surface area (Å²) in [7, 11) is 0. The Morgan fingerprint density at radius 1 is 1.27 bits per heavy atom. The van der Waals surface area contributed by atoms with Gasteiger partial charge in [-0.05, 0) is 26.0 Å². The van der Waals surface area contributed by atoms with Gasteiger partial charge in [-0.2, -0.15) is 0 Å². The molecule has 1 aromatic carbocycles. The third-order valence-electron chi connectivity index (χ3n) is 4.08. The van der Waals surface area contributed by atoms with Gasteiger partial charge in [0.1, 0.15) is 12.4 Å². The summed E-state index contributed by atoms with van der Waals surface area (Å²) in [5.41, 5.74) is 0. The molecule has 0 saturated carbocycles. The Labute approximate surface area is 153 Å². The van der Waals surface area contributed by atoms with Crippen molar-refractivity contribution in [3.63, 3.8) is 0 Å². The Morgan fingerprint density at radius 2 is 2.04 bits per heavy atom. The summed E-state index contributed by atoms with van der Waals surface area (Å²) >= 11 is 0. The molecule has 0 radical (unpaired) electrons. The molecular formula is C18H28F2N4O2. The van der Waals surface area contributed by atoms with Crippen LogP contribution in [0.4, 0.5) is 8.78 Å². The second kappa shape index (κ2) is 10.9. The molecule has 1 aromatic rings. The Balaban J connectivity index is 1.74. The highest BCUT2D eigenvalue weighted by molar-refractivity contribution is 5.79. The van der Waals surface area contributed by atoms with Crippen LogP contribution in [-0.4, -0.2) is 69.4 Å². The molecule has 0 aromatic heterocycles. The van der Waals surface area contributed by atoms with Crippen molar-refractivity contribution >= 4 is 5.96 Å². The van der Waals surface area contributed by atoms with Crippen LogP contribution < -0.4 is 15.4 Å². The van der Waals surface area contributed by atoms with Gasteiger partial charge in [0, 0.05) is 31.7 Å². The molecule has 0 bridgehead atoms. The Hall–Kier alpha value is -1.93. The van der Waals surface area contributed by atoms with Crippen LogP contribution >= 0.6 is 0 Å². The first-order valence-electron chi connectivity index (χ1n) is 9.02. The fraction of sp³-hybridized carbons (Fsp3) is 0.611. The minimum absolute atomic E-state index is 0.300. The van der Waals surface area contributed by atoms with E-state index in [4.69, 9.17) is 9.47 Å². The van der Waals surface area contributed by atoms with Crippen molar-refractivity contribution in [1.82, 2.24) is 15.5 Å². The summed E-state index contributed by atoms with van der Waals surface area (Å²) in [4.78, 5) is 6.97. The van der Waals surface area contributed by atoms with E-state index in [1.807, 2.05) is 6.92 Å². The van der Waals surface area contributed by atoms with Gasteiger partial charge in [0.2, 0.25) is 0 Å². The highest BCUT2D eigenvalue weighted by Crippen LogP contribution is 2.14. The normalized spacial score (nSPS) is 17.0. The molecule has 8 heteroatoms. The van der Waals surface area contributed by atoms with Crippen LogP contribution in [0.25, 0.3) is 0 Å². The fourth-order valence-electron chi connectivity index (χ4n) is 2.60. The van der Waals surface area contributed by atoms with Crippen LogP contribution in [0.15, 0.2) is 23.2 Å². The molecule has 0 amide bonds. The van der Waals surface area contributed by atoms with Crippen LogP contribution in [0, 0.1) is 11.6 Å². The summed E-state index contributed by atoms with van der Waals surface area (Å²) < 4.78 is 36.8. The van der Waals surface area contributed by atoms with Gasteiger partial charge in [0.25, 0.3) is 0 Å². The van der Waals surface area contributed by atoms with E-state index in [0.29, 0.717) is 37.4 Å². The maximum atomic E-state index is 13.1. The van der Waals surface area contributed by atoms with Gasteiger partial charge >= 0.3 is 0 Å². The Kier molecular flexibility index (Phi) is 8.57. The minimum Gasteiger partial charge on any atom is -0.492 e. The van der Waals surface area contributed by atoms with Crippen molar-refractivity contribution in [3.05, 3.63) is 29.8 Å². The average molecular weight is 370 g/mol. The average Bonchev–Trinajstić information content (AvgIpc) is 2.66. The molecule has 0 spiro atoms. The van der Waals surface area contributed by atoms with Crippen molar-refractivity contribution in [2.45, 2.75) is 19.9 Å². The zero-order chi connectivity index (χ0) is 18.8. The van der Waals surface area contributed by atoms with Crippen LogP contribution in [-0.2, 0) is 4.74 Å².